The molecule has 8 heteroatoms. The fourth-order valence-electron chi connectivity index (χ4n) is 6.07. The number of nitrogens with one attached hydrogen (secondary N) is 1. The number of amides is 2. The van der Waals surface area contributed by atoms with Gasteiger partial charge in [0.1, 0.15) is 0 Å². The lowest BCUT2D eigenvalue weighted by Crippen LogP contribution is -2.44. The zero-order valence-corrected chi connectivity index (χ0v) is 22.1. The number of carbonyl (C=O) groups is 2. The van der Waals surface area contributed by atoms with Crippen molar-refractivity contribution in [2.75, 3.05) is 16.8 Å². The minimum Gasteiger partial charge on any atom is -0.396 e. The molecule has 2 N–H and O–H groups in total. The third-order valence-electron chi connectivity index (χ3n) is 7.59. The number of hydrogen-bond acceptors (Lipinski definition) is 4. The lowest BCUT2D eigenvalue weighted by atomic mass is 9.82. The van der Waals surface area contributed by atoms with Gasteiger partial charge in [0.2, 0.25) is 8.41 Å². The predicted octanol–water partition coefficient (Wildman–Crippen LogP) is 5.77. The van der Waals surface area contributed by atoms with Gasteiger partial charge in [0.15, 0.2) is 5.60 Å². The van der Waals surface area contributed by atoms with E-state index in [1.54, 1.807) is 60.5 Å². The molecule has 1 saturated heterocycles. The van der Waals surface area contributed by atoms with E-state index >= 15 is 4.11 Å². The van der Waals surface area contributed by atoms with Crippen molar-refractivity contribution in [1.29, 1.82) is 0 Å². The number of benzene rings is 3. The maximum absolute atomic E-state index is 15.7. The second-order valence-corrected chi connectivity index (χ2v) is 14.1. The fourth-order valence-corrected chi connectivity index (χ4v) is 8.62. The summed E-state index contributed by atoms with van der Waals surface area (Å²) in [7, 11) is -3.29. The molecule has 2 amide bonds. The minimum absolute atomic E-state index is 0.162. The van der Waals surface area contributed by atoms with Gasteiger partial charge in [0.05, 0.1) is 11.8 Å². The molecule has 5 rings (SSSR count). The summed E-state index contributed by atoms with van der Waals surface area (Å²) in [6, 6.07) is 23.5. The molecule has 2 aliphatic rings. The summed E-state index contributed by atoms with van der Waals surface area (Å²) in [5.41, 5.74) is 1.03. The van der Waals surface area contributed by atoms with Crippen molar-refractivity contribution in [3.05, 3.63) is 90.0 Å². The van der Waals surface area contributed by atoms with Gasteiger partial charge in [-0.05, 0) is 62.0 Å². The van der Waals surface area contributed by atoms with Crippen molar-refractivity contribution >= 4 is 37.3 Å². The molecular formula is C29H31FN2O4Si. The van der Waals surface area contributed by atoms with Crippen LogP contribution in [0, 0.1) is 5.92 Å². The second kappa shape index (κ2) is 9.52. The first-order valence-corrected chi connectivity index (χ1v) is 15.5. The Kier molecular flexibility index (Phi) is 6.51. The first kappa shape index (κ1) is 25.3. The van der Waals surface area contributed by atoms with E-state index in [0.29, 0.717) is 28.2 Å². The van der Waals surface area contributed by atoms with Gasteiger partial charge in [-0.3, -0.25) is 14.5 Å². The number of nitrogens with zero attached hydrogens (tertiary/aromatic N) is 1. The van der Waals surface area contributed by atoms with Gasteiger partial charge < -0.3 is 19.3 Å². The number of hydrogen-bond donors (Lipinski definition) is 2. The van der Waals surface area contributed by atoms with Gasteiger partial charge in [0, 0.05) is 40.6 Å². The molecule has 192 valence electrons. The van der Waals surface area contributed by atoms with Crippen LogP contribution in [0.5, 0.6) is 0 Å². The summed E-state index contributed by atoms with van der Waals surface area (Å²) in [6.45, 7) is 4.98. The topological polar surface area (TPSA) is 78.9 Å². The van der Waals surface area contributed by atoms with E-state index in [-0.39, 0.29) is 24.8 Å². The maximum atomic E-state index is 15.7. The number of rotatable bonds is 6. The molecule has 0 saturated carbocycles. The Morgan fingerprint density at radius 3 is 2.35 bits per heavy atom. The molecule has 2 heterocycles. The molecule has 1 spiro atoms. The predicted molar refractivity (Wildman–Crippen MR) is 144 cm³/mol. The normalized spacial score (nSPS) is 24.9. The van der Waals surface area contributed by atoms with Gasteiger partial charge in [0.25, 0.3) is 11.8 Å². The largest absolute Gasteiger partial charge is 0.396 e. The average Bonchev–Trinajstić information content (AvgIpc) is 3.31. The summed E-state index contributed by atoms with van der Waals surface area (Å²) in [5.74, 6) is -1.03. The summed E-state index contributed by atoms with van der Waals surface area (Å²) in [5, 5.41) is 12.7. The van der Waals surface area contributed by atoms with Crippen molar-refractivity contribution in [2.45, 2.75) is 43.7 Å². The molecule has 3 aromatic carbocycles. The van der Waals surface area contributed by atoms with Gasteiger partial charge in [-0.25, -0.2) is 0 Å². The molecule has 0 radical (unpaired) electrons. The number of carbonyl (C=O) groups excluding carboxylic acids is 2. The van der Waals surface area contributed by atoms with Crippen molar-refractivity contribution < 1.29 is 23.5 Å². The van der Waals surface area contributed by atoms with Crippen molar-refractivity contribution in [1.82, 2.24) is 0 Å². The van der Waals surface area contributed by atoms with Gasteiger partial charge in [-0.15, -0.1) is 0 Å². The van der Waals surface area contributed by atoms with Crippen molar-refractivity contribution in [2.24, 2.45) is 5.92 Å². The maximum Gasteiger partial charge on any atom is 0.268 e. The molecule has 1 fully saturated rings. The summed E-state index contributed by atoms with van der Waals surface area (Å²) in [4.78, 5) is 28.8. The third kappa shape index (κ3) is 4.19. The molecular weight excluding hydrogens is 487 g/mol. The number of anilines is 3. The highest BCUT2D eigenvalue weighted by molar-refractivity contribution is 6.72. The number of aliphatic hydroxyl groups excluding tert-OH is 1. The van der Waals surface area contributed by atoms with Crippen LogP contribution in [0.2, 0.25) is 18.6 Å². The zero-order valence-electron chi connectivity index (χ0n) is 21.1. The Hall–Kier alpha value is -3.33. The summed E-state index contributed by atoms with van der Waals surface area (Å²) >= 11 is 0. The molecule has 0 bridgehead atoms. The van der Waals surface area contributed by atoms with E-state index in [2.05, 4.69) is 5.32 Å². The van der Waals surface area contributed by atoms with Crippen LogP contribution in [0.25, 0.3) is 0 Å². The van der Waals surface area contributed by atoms with Gasteiger partial charge >= 0.3 is 0 Å². The monoisotopic (exact) mass is 518 g/mol. The quantitative estimate of drug-likeness (QED) is 0.321. The summed E-state index contributed by atoms with van der Waals surface area (Å²) < 4.78 is 22.3. The smallest absolute Gasteiger partial charge is 0.268 e. The molecule has 0 aliphatic carbocycles. The van der Waals surface area contributed by atoms with Gasteiger partial charge in [-0.2, -0.15) is 0 Å². The number of aliphatic hydroxyl groups is 1. The fraction of sp³-hybridized carbons (Fsp3) is 0.310. The lowest BCUT2D eigenvalue weighted by Gasteiger charge is -2.31. The van der Waals surface area contributed by atoms with Crippen LogP contribution in [0.4, 0.5) is 21.2 Å². The number of halogens is 1. The summed E-state index contributed by atoms with van der Waals surface area (Å²) in [6.07, 6.45) is -0.350. The van der Waals surface area contributed by atoms with E-state index in [4.69, 9.17) is 4.74 Å². The standard InChI is InChI=1S/C29H31FN2O4Si/c1-19-26(37(2,3)30)25(16-17-33)36-29(19)23-18-21(31-27(34)20-10-6-4-7-11-20)14-15-24(23)32(28(29)35)22-12-8-5-9-13-22/h4-15,18-19,25-26,33H,16-17H2,1-3H3,(H,31,34)/t19-,25+,26-,29+/m1/s1. The van der Waals surface area contributed by atoms with Crippen LogP contribution in [-0.2, 0) is 15.1 Å². The molecule has 0 unspecified atom stereocenters. The van der Waals surface area contributed by atoms with Gasteiger partial charge in [-0.1, -0.05) is 43.3 Å². The van der Waals surface area contributed by atoms with E-state index in [0.717, 1.165) is 0 Å². The number of fused-ring (bicyclic) bond motifs is 2. The first-order valence-electron chi connectivity index (χ1n) is 12.6. The van der Waals surface area contributed by atoms with Crippen LogP contribution < -0.4 is 10.2 Å². The average molecular weight is 519 g/mol. The molecule has 3 aromatic rings. The molecule has 6 nitrogen and oxygen atoms in total. The van der Waals surface area contributed by atoms with Crippen LogP contribution in [-0.4, -0.2) is 38.0 Å². The second-order valence-electron chi connectivity index (χ2n) is 10.3. The minimum atomic E-state index is -3.29. The Labute approximate surface area is 217 Å². The Bertz CT molecular complexity index is 1310. The highest BCUT2D eigenvalue weighted by atomic mass is 28.4. The van der Waals surface area contributed by atoms with E-state index in [1.165, 1.54) is 0 Å². The van der Waals surface area contributed by atoms with Crippen LogP contribution >= 0.6 is 0 Å². The number of para-hydroxylation sites is 1. The molecule has 4 atom stereocenters. The first-order chi connectivity index (χ1) is 17.7. The molecule has 37 heavy (non-hydrogen) atoms. The van der Waals surface area contributed by atoms with Crippen LogP contribution in [0.1, 0.15) is 29.3 Å². The lowest BCUT2D eigenvalue weighted by molar-refractivity contribution is -0.145. The SMILES string of the molecule is C[C@@H]1[C@@H]([Si](C)(C)F)[C@H](CCO)O[C@@]12C(=O)N(c1ccccc1)c1ccc(NC(=O)c3ccccc3)cc12. The van der Waals surface area contributed by atoms with Crippen molar-refractivity contribution in [3.8, 4) is 0 Å². The van der Waals surface area contributed by atoms with Crippen LogP contribution in [0.3, 0.4) is 0 Å². The zero-order chi connectivity index (χ0) is 26.4. The molecule has 2 aliphatic heterocycles. The third-order valence-corrected chi connectivity index (χ3v) is 10.0. The van der Waals surface area contributed by atoms with E-state index < -0.39 is 31.6 Å². The highest BCUT2D eigenvalue weighted by Gasteiger charge is 2.66. The van der Waals surface area contributed by atoms with E-state index in [1.807, 2.05) is 43.3 Å². The molecule has 0 aromatic heterocycles. The van der Waals surface area contributed by atoms with Crippen molar-refractivity contribution in [3.63, 3.8) is 0 Å². The number of ether oxygens (including phenoxy) is 1. The Balaban J connectivity index is 1.64. The Morgan fingerprint density at radius 1 is 1.08 bits per heavy atom. The Morgan fingerprint density at radius 2 is 1.73 bits per heavy atom. The highest BCUT2D eigenvalue weighted by Crippen LogP contribution is 2.61. The van der Waals surface area contributed by atoms with E-state index in [9.17, 15) is 14.7 Å². The van der Waals surface area contributed by atoms with Crippen LogP contribution in [0.15, 0.2) is 78.9 Å².